The fourth-order valence-corrected chi connectivity index (χ4v) is 3.35. The van der Waals surface area contributed by atoms with Gasteiger partial charge in [0.15, 0.2) is 0 Å². The number of rotatable bonds is 15. The number of ketones is 3. The van der Waals surface area contributed by atoms with E-state index in [1.807, 2.05) is 46.4 Å². The lowest BCUT2D eigenvalue weighted by Gasteiger charge is -2.31. The summed E-state index contributed by atoms with van der Waals surface area (Å²) >= 11 is 0. The van der Waals surface area contributed by atoms with Crippen molar-refractivity contribution < 1.29 is 14.4 Å². The molecule has 0 heterocycles. The first-order valence-corrected chi connectivity index (χ1v) is 10.7. The van der Waals surface area contributed by atoms with Gasteiger partial charge in [0.1, 0.15) is 17.3 Å². The highest BCUT2D eigenvalue weighted by atomic mass is 16.1. The Morgan fingerprint density at radius 1 is 0.593 bits per heavy atom. The molecular weight excluding hydrogens is 338 g/mol. The maximum absolute atomic E-state index is 13.0. The Bertz CT molecular complexity index is 442. The standard InChI is InChI=1S/C23H43NO3/c1-16(2)9-10-22(23(27)13-19(7)8)24(14-20(25)11-17(3)4)15-21(26)12-18(5)6/h16-19,22H,9-15H2,1-8H3. The Hall–Kier alpha value is -1.03. The molecule has 1 atom stereocenters. The number of Topliss-reactive ketones (excluding diaryl/α,β-unsaturated/α-hetero) is 3. The van der Waals surface area contributed by atoms with Crippen LogP contribution in [0.1, 0.15) is 87.5 Å². The van der Waals surface area contributed by atoms with Gasteiger partial charge in [-0.3, -0.25) is 19.3 Å². The van der Waals surface area contributed by atoms with Crippen molar-refractivity contribution in [3.8, 4) is 0 Å². The monoisotopic (exact) mass is 381 g/mol. The number of carbonyl (C=O) groups excluding carboxylic acids is 3. The highest BCUT2D eigenvalue weighted by Crippen LogP contribution is 2.18. The van der Waals surface area contributed by atoms with Crippen LogP contribution in [0.25, 0.3) is 0 Å². The summed E-state index contributed by atoms with van der Waals surface area (Å²) in [4.78, 5) is 39.8. The molecule has 4 heteroatoms. The lowest BCUT2D eigenvalue weighted by molar-refractivity contribution is -0.130. The molecule has 0 saturated heterocycles. The van der Waals surface area contributed by atoms with Crippen LogP contribution in [0.4, 0.5) is 0 Å². The van der Waals surface area contributed by atoms with E-state index in [1.165, 1.54) is 0 Å². The van der Waals surface area contributed by atoms with Crippen LogP contribution in [0.15, 0.2) is 0 Å². The van der Waals surface area contributed by atoms with E-state index in [9.17, 15) is 14.4 Å². The normalized spacial score (nSPS) is 13.2. The Morgan fingerprint density at radius 2 is 1.00 bits per heavy atom. The topological polar surface area (TPSA) is 54.5 Å². The molecule has 0 spiro atoms. The number of hydrogen-bond donors (Lipinski definition) is 0. The van der Waals surface area contributed by atoms with E-state index in [-0.39, 0.29) is 54.2 Å². The van der Waals surface area contributed by atoms with Crippen molar-refractivity contribution in [2.45, 2.75) is 93.5 Å². The van der Waals surface area contributed by atoms with E-state index in [1.54, 1.807) is 0 Å². The van der Waals surface area contributed by atoms with E-state index in [0.717, 1.165) is 6.42 Å². The van der Waals surface area contributed by atoms with Crippen LogP contribution in [-0.2, 0) is 14.4 Å². The highest BCUT2D eigenvalue weighted by Gasteiger charge is 2.29. The van der Waals surface area contributed by atoms with Gasteiger partial charge < -0.3 is 0 Å². The van der Waals surface area contributed by atoms with E-state index in [4.69, 9.17) is 0 Å². The molecule has 0 aromatic carbocycles. The zero-order valence-electron chi connectivity index (χ0n) is 19.0. The molecule has 158 valence electrons. The summed E-state index contributed by atoms with van der Waals surface area (Å²) in [6.45, 7) is 16.8. The molecule has 0 radical (unpaired) electrons. The number of carbonyl (C=O) groups is 3. The molecule has 0 bridgehead atoms. The van der Waals surface area contributed by atoms with Gasteiger partial charge in [0.2, 0.25) is 0 Å². The summed E-state index contributed by atoms with van der Waals surface area (Å²) in [5.41, 5.74) is 0. The molecule has 0 fully saturated rings. The van der Waals surface area contributed by atoms with Crippen LogP contribution in [-0.4, -0.2) is 41.4 Å². The lowest BCUT2D eigenvalue weighted by Crippen LogP contribution is -2.47. The van der Waals surface area contributed by atoms with Crippen molar-refractivity contribution in [3.05, 3.63) is 0 Å². The van der Waals surface area contributed by atoms with E-state index in [2.05, 4.69) is 13.8 Å². The summed E-state index contributed by atoms with van der Waals surface area (Å²) in [7, 11) is 0. The summed E-state index contributed by atoms with van der Waals surface area (Å²) in [5.74, 6) is 1.73. The molecule has 4 nitrogen and oxygen atoms in total. The average Bonchev–Trinajstić information content (AvgIpc) is 2.43. The minimum atomic E-state index is -0.331. The molecule has 0 aliphatic carbocycles. The van der Waals surface area contributed by atoms with Gasteiger partial charge in [-0.25, -0.2) is 0 Å². The Morgan fingerprint density at radius 3 is 1.33 bits per heavy atom. The molecule has 0 aliphatic heterocycles. The fraction of sp³-hybridized carbons (Fsp3) is 0.870. The summed E-state index contributed by atoms with van der Waals surface area (Å²) in [6.07, 6.45) is 3.11. The third-order valence-electron chi connectivity index (χ3n) is 4.47. The minimum absolute atomic E-state index is 0.120. The first-order chi connectivity index (χ1) is 12.4. The van der Waals surface area contributed by atoms with Gasteiger partial charge in [-0.15, -0.1) is 0 Å². The molecule has 27 heavy (non-hydrogen) atoms. The van der Waals surface area contributed by atoms with Crippen LogP contribution in [0, 0.1) is 23.7 Å². The van der Waals surface area contributed by atoms with Gasteiger partial charge in [0, 0.05) is 19.3 Å². The highest BCUT2D eigenvalue weighted by molar-refractivity contribution is 5.88. The largest absolute Gasteiger partial charge is 0.298 e. The molecule has 1 unspecified atom stereocenters. The lowest BCUT2D eigenvalue weighted by atomic mass is 9.93. The van der Waals surface area contributed by atoms with Gasteiger partial charge in [0.05, 0.1) is 19.1 Å². The molecule has 0 amide bonds. The third kappa shape index (κ3) is 12.9. The summed E-state index contributed by atoms with van der Waals surface area (Å²) in [6, 6.07) is -0.331. The van der Waals surface area contributed by atoms with Gasteiger partial charge in [0.25, 0.3) is 0 Å². The molecule has 0 N–H and O–H groups in total. The molecule has 0 aliphatic rings. The molecular formula is C23H43NO3. The van der Waals surface area contributed by atoms with Gasteiger partial charge >= 0.3 is 0 Å². The van der Waals surface area contributed by atoms with Crippen LogP contribution < -0.4 is 0 Å². The van der Waals surface area contributed by atoms with Crippen molar-refractivity contribution in [2.24, 2.45) is 23.7 Å². The maximum Gasteiger partial charge on any atom is 0.150 e. The average molecular weight is 382 g/mol. The van der Waals surface area contributed by atoms with Crippen LogP contribution in [0.2, 0.25) is 0 Å². The zero-order valence-corrected chi connectivity index (χ0v) is 19.0. The second-order valence-electron chi connectivity index (χ2n) is 9.73. The van der Waals surface area contributed by atoms with E-state index < -0.39 is 0 Å². The van der Waals surface area contributed by atoms with Crippen LogP contribution >= 0.6 is 0 Å². The first kappa shape index (κ1) is 26.0. The van der Waals surface area contributed by atoms with Gasteiger partial charge in [-0.1, -0.05) is 55.4 Å². The van der Waals surface area contributed by atoms with Gasteiger partial charge in [-0.05, 0) is 36.5 Å². The second-order valence-corrected chi connectivity index (χ2v) is 9.73. The number of nitrogens with zero attached hydrogens (tertiary/aromatic N) is 1. The summed E-state index contributed by atoms with van der Waals surface area (Å²) < 4.78 is 0. The molecule has 0 rings (SSSR count). The second kappa shape index (κ2) is 13.2. The third-order valence-corrected chi connectivity index (χ3v) is 4.47. The van der Waals surface area contributed by atoms with Crippen molar-refractivity contribution in [1.82, 2.24) is 4.90 Å². The van der Waals surface area contributed by atoms with Crippen molar-refractivity contribution in [1.29, 1.82) is 0 Å². The fourth-order valence-electron chi connectivity index (χ4n) is 3.35. The Labute approximate surface area is 167 Å². The molecule has 0 aromatic heterocycles. The quantitative estimate of drug-likeness (QED) is 0.403. The van der Waals surface area contributed by atoms with Crippen LogP contribution in [0.3, 0.4) is 0 Å². The van der Waals surface area contributed by atoms with Crippen molar-refractivity contribution >= 4 is 17.3 Å². The minimum Gasteiger partial charge on any atom is -0.298 e. The summed E-state index contributed by atoms with van der Waals surface area (Å²) in [5, 5.41) is 0. The smallest absolute Gasteiger partial charge is 0.150 e. The predicted molar refractivity (Wildman–Crippen MR) is 113 cm³/mol. The zero-order chi connectivity index (χ0) is 21.1. The van der Waals surface area contributed by atoms with Crippen molar-refractivity contribution in [2.75, 3.05) is 13.1 Å². The van der Waals surface area contributed by atoms with Crippen molar-refractivity contribution in [3.63, 3.8) is 0 Å². The van der Waals surface area contributed by atoms with E-state index in [0.29, 0.717) is 31.6 Å². The Kier molecular flexibility index (Phi) is 12.7. The molecule has 0 aromatic rings. The number of hydrogen-bond acceptors (Lipinski definition) is 4. The molecule has 0 saturated carbocycles. The van der Waals surface area contributed by atoms with Gasteiger partial charge in [-0.2, -0.15) is 0 Å². The SMILES string of the molecule is CC(C)CCC(C(=O)CC(C)C)N(CC(=O)CC(C)C)CC(=O)CC(C)C. The van der Waals surface area contributed by atoms with E-state index >= 15 is 0 Å². The predicted octanol–water partition coefficient (Wildman–Crippen LogP) is 4.94. The maximum atomic E-state index is 13.0. The Balaban J connectivity index is 5.45. The first-order valence-electron chi connectivity index (χ1n) is 10.7. The van der Waals surface area contributed by atoms with Crippen LogP contribution in [0.5, 0.6) is 0 Å².